The SMILES string of the molecule is CS(=O)(=O)c1ccc(-c2cccc(NC(=O)c3ccccc3Cl)c2)nn1. The van der Waals surface area contributed by atoms with Crippen LogP contribution in [0.3, 0.4) is 0 Å². The minimum Gasteiger partial charge on any atom is -0.322 e. The van der Waals surface area contributed by atoms with Crippen LogP contribution in [-0.2, 0) is 9.84 Å². The predicted octanol–water partition coefficient (Wildman–Crippen LogP) is 3.45. The molecule has 1 amide bonds. The summed E-state index contributed by atoms with van der Waals surface area (Å²) in [4.78, 5) is 12.3. The van der Waals surface area contributed by atoms with E-state index in [-0.39, 0.29) is 10.9 Å². The number of amides is 1. The lowest BCUT2D eigenvalue weighted by molar-refractivity contribution is 0.102. The van der Waals surface area contributed by atoms with Crippen LogP contribution in [-0.4, -0.2) is 30.8 Å². The molecule has 1 aromatic heterocycles. The van der Waals surface area contributed by atoms with E-state index in [1.54, 1.807) is 54.6 Å². The molecule has 26 heavy (non-hydrogen) atoms. The van der Waals surface area contributed by atoms with Crippen molar-refractivity contribution in [3.05, 3.63) is 71.2 Å². The number of anilines is 1. The van der Waals surface area contributed by atoms with Gasteiger partial charge < -0.3 is 5.32 Å². The smallest absolute Gasteiger partial charge is 0.257 e. The molecule has 0 fully saturated rings. The second-order valence-electron chi connectivity index (χ2n) is 5.54. The molecule has 1 heterocycles. The van der Waals surface area contributed by atoms with E-state index in [0.717, 1.165) is 6.26 Å². The van der Waals surface area contributed by atoms with Gasteiger partial charge in [-0.05, 0) is 36.4 Å². The first-order chi connectivity index (χ1) is 12.3. The summed E-state index contributed by atoms with van der Waals surface area (Å²) in [6.45, 7) is 0. The van der Waals surface area contributed by atoms with Gasteiger partial charge in [0.2, 0.25) is 0 Å². The van der Waals surface area contributed by atoms with Crippen LogP contribution in [0.1, 0.15) is 10.4 Å². The molecule has 0 unspecified atom stereocenters. The molecule has 2 aromatic carbocycles. The quantitative estimate of drug-likeness (QED) is 0.740. The van der Waals surface area contributed by atoms with Crippen molar-refractivity contribution in [2.24, 2.45) is 0 Å². The Morgan fingerprint density at radius 2 is 1.77 bits per heavy atom. The van der Waals surface area contributed by atoms with Crippen molar-refractivity contribution < 1.29 is 13.2 Å². The Morgan fingerprint density at radius 3 is 2.42 bits per heavy atom. The predicted molar refractivity (Wildman–Crippen MR) is 100.0 cm³/mol. The molecule has 8 heteroatoms. The molecular formula is C18H14ClN3O3S. The van der Waals surface area contributed by atoms with Crippen LogP contribution >= 0.6 is 11.6 Å². The third-order valence-electron chi connectivity index (χ3n) is 3.55. The van der Waals surface area contributed by atoms with Crippen LogP contribution < -0.4 is 5.32 Å². The average molecular weight is 388 g/mol. The zero-order chi connectivity index (χ0) is 18.7. The molecule has 0 saturated heterocycles. The zero-order valence-electron chi connectivity index (χ0n) is 13.7. The lowest BCUT2D eigenvalue weighted by atomic mass is 10.1. The van der Waals surface area contributed by atoms with Gasteiger partial charge in [0.15, 0.2) is 14.9 Å². The van der Waals surface area contributed by atoms with Crippen LogP contribution in [0.2, 0.25) is 5.02 Å². The van der Waals surface area contributed by atoms with Crippen LogP contribution in [0, 0.1) is 0 Å². The van der Waals surface area contributed by atoms with Gasteiger partial charge >= 0.3 is 0 Å². The summed E-state index contributed by atoms with van der Waals surface area (Å²) in [6, 6.07) is 16.7. The molecular weight excluding hydrogens is 374 g/mol. The first-order valence-electron chi connectivity index (χ1n) is 7.55. The number of hydrogen-bond acceptors (Lipinski definition) is 5. The summed E-state index contributed by atoms with van der Waals surface area (Å²) in [5.74, 6) is -0.328. The number of hydrogen-bond donors (Lipinski definition) is 1. The number of carbonyl (C=O) groups is 1. The average Bonchev–Trinajstić information content (AvgIpc) is 2.61. The summed E-state index contributed by atoms with van der Waals surface area (Å²) in [7, 11) is -3.40. The van der Waals surface area contributed by atoms with Gasteiger partial charge in [0.05, 0.1) is 16.3 Å². The maximum Gasteiger partial charge on any atom is 0.257 e. The highest BCUT2D eigenvalue weighted by Crippen LogP contribution is 2.22. The Kier molecular flexibility index (Phi) is 5.01. The van der Waals surface area contributed by atoms with Crippen LogP contribution in [0.5, 0.6) is 0 Å². The van der Waals surface area contributed by atoms with Crippen molar-refractivity contribution >= 4 is 33.0 Å². The molecule has 0 atom stereocenters. The summed E-state index contributed by atoms with van der Waals surface area (Å²) < 4.78 is 22.9. The molecule has 0 bridgehead atoms. The molecule has 0 aliphatic heterocycles. The Balaban J connectivity index is 1.85. The van der Waals surface area contributed by atoms with Crippen molar-refractivity contribution in [3.8, 4) is 11.3 Å². The molecule has 0 aliphatic carbocycles. The molecule has 6 nitrogen and oxygen atoms in total. The molecule has 0 aliphatic rings. The molecule has 0 saturated carbocycles. The maximum atomic E-state index is 12.3. The minimum absolute atomic E-state index is 0.0931. The minimum atomic E-state index is -3.40. The fraction of sp³-hybridized carbons (Fsp3) is 0.0556. The summed E-state index contributed by atoms with van der Waals surface area (Å²) in [5.41, 5.74) is 2.11. The molecule has 0 radical (unpaired) electrons. The molecule has 1 N–H and O–H groups in total. The van der Waals surface area contributed by atoms with Gasteiger partial charge in [-0.2, -0.15) is 0 Å². The van der Waals surface area contributed by atoms with E-state index in [4.69, 9.17) is 11.6 Å². The van der Waals surface area contributed by atoms with Crippen LogP contribution in [0.4, 0.5) is 5.69 Å². The number of aromatic nitrogens is 2. The normalized spacial score (nSPS) is 11.2. The highest BCUT2D eigenvalue weighted by atomic mass is 35.5. The topological polar surface area (TPSA) is 89.0 Å². The van der Waals surface area contributed by atoms with Crippen molar-refractivity contribution in [1.29, 1.82) is 0 Å². The molecule has 3 aromatic rings. The number of sulfone groups is 1. The Bertz CT molecular complexity index is 1070. The zero-order valence-corrected chi connectivity index (χ0v) is 15.3. The van der Waals surface area contributed by atoms with Gasteiger partial charge in [0.1, 0.15) is 0 Å². The van der Waals surface area contributed by atoms with E-state index in [1.807, 2.05) is 0 Å². The summed E-state index contributed by atoms with van der Waals surface area (Å²) in [5, 5.41) is 10.7. The van der Waals surface area contributed by atoms with E-state index in [2.05, 4.69) is 15.5 Å². The largest absolute Gasteiger partial charge is 0.322 e. The lowest BCUT2D eigenvalue weighted by Gasteiger charge is -2.08. The Labute approximate surface area is 155 Å². The summed E-state index contributed by atoms with van der Waals surface area (Å²) in [6.07, 6.45) is 1.07. The first-order valence-corrected chi connectivity index (χ1v) is 9.81. The van der Waals surface area contributed by atoms with E-state index in [0.29, 0.717) is 27.5 Å². The molecule has 0 spiro atoms. The third kappa shape index (κ3) is 4.07. The number of nitrogens with one attached hydrogen (secondary N) is 1. The highest BCUT2D eigenvalue weighted by molar-refractivity contribution is 7.90. The molecule has 3 rings (SSSR count). The van der Waals surface area contributed by atoms with Gasteiger partial charge in [-0.3, -0.25) is 4.79 Å². The molecule has 132 valence electrons. The number of nitrogens with zero attached hydrogens (tertiary/aromatic N) is 2. The Morgan fingerprint density at radius 1 is 1.00 bits per heavy atom. The number of benzene rings is 2. The van der Waals surface area contributed by atoms with Crippen molar-refractivity contribution in [3.63, 3.8) is 0 Å². The van der Waals surface area contributed by atoms with Crippen molar-refractivity contribution in [2.75, 3.05) is 11.6 Å². The Hall–Kier alpha value is -2.77. The summed E-state index contributed by atoms with van der Waals surface area (Å²) >= 11 is 6.04. The number of halogens is 1. The van der Waals surface area contributed by atoms with E-state index < -0.39 is 9.84 Å². The number of rotatable bonds is 4. The van der Waals surface area contributed by atoms with Crippen molar-refractivity contribution in [1.82, 2.24) is 10.2 Å². The maximum absolute atomic E-state index is 12.3. The van der Waals surface area contributed by atoms with Gasteiger partial charge in [-0.1, -0.05) is 35.9 Å². The van der Waals surface area contributed by atoms with E-state index in [9.17, 15) is 13.2 Å². The van der Waals surface area contributed by atoms with Gasteiger partial charge in [-0.15, -0.1) is 10.2 Å². The van der Waals surface area contributed by atoms with Crippen molar-refractivity contribution in [2.45, 2.75) is 5.03 Å². The monoisotopic (exact) mass is 387 g/mol. The van der Waals surface area contributed by atoms with E-state index in [1.165, 1.54) is 6.07 Å². The third-order valence-corrected chi connectivity index (χ3v) is 4.86. The fourth-order valence-corrected chi connectivity index (χ4v) is 3.00. The fourth-order valence-electron chi connectivity index (χ4n) is 2.27. The second kappa shape index (κ2) is 7.23. The van der Waals surface area contributed by atoms with E-state index >= 15 is 0 Å². The van der Waals surface area contributed by atoms with Crippen LogP contribution in [0.25, 0.3) is 11.3 Å². The van der Waals surface area contributed by atoms with Gasteiger partial charge in [0.25, 0.3) is 5.91 Å². The number of carbonyl (C=O) groups excluding carboxylic acids is 1. The highest BCUT2D eigenvalue weighted by Gasteiger charge is 2.12. The van der Waals surface area contributed by atoms with Crippen LogP contribution in [0.15, 0.2) is 65.7 Å². The van der Waals surface area contributed by atoms with Gasteiger partial charge in [0, 0.05) is 17.5 Å². The standard InChI is InChI=1S/C18H14ClN3O3S/c1-26(24,25)17-10-9-16(21-22-17)12-5-4-6-13(11-12)20-18(23)14-7-2-3-8-15(14)19/h2-11H,1H3,(H,20,23). The van der Waals surface area contributed by atoms with Gasteiger partial charge in [-0.25, -0.2) is 8.42 Å². The first kappa shape index (κ1) is 18.0. The second-order valence-corrected chi connectivity index (χ2v) is 7.91. The lowest BCUT2D eigenvalue weighted by Crippen LogP contribution is -2.12.